The number of alkyl carbamates (subject to hydrolysis) is 1. The first-order valence-electron chi connectivity index (χ1n) is 7.33. The standard InChI is InChI=1S/C16H23N3O4S/c1-16(2,3)23-15(21)19-12(13(20)22-4)9-10-5-7-11(8-6-10)18-14(17)24/h5-8,12H,9H2,1-4H3,(H,19,21)(H3,17,18,24). The summed E-state index contributed by atoms with van der Waals surface area (Å²) in [5, 5.41) is 5.50. The fourth-order valence-corrected chi connectivity index (χ4v) is 2.01. The lowest BCUT2D eigenvalue weighted by Crippen LogP contribution is -2.45. The van der Waals surface area contributed by atoms with Crippen LogP contribution >= 0.6 is 12.2 Å². The first kappa shape index (κ1) is 19.7. The maximum Gasteiger partial charge on any atom is 0.408 e. The van der Waals surface area contributed by atoms with Gasteiger partial charge in [-0.15, -0.1) is 0 Å². The fourth-order valence-electron chi connectivity index (χ4n) is 1.89. The van der Waals surface area contributed by atoms with Crippen LogP contribution in [0.3, 0.4) is 0 Å². The van der Waals surface area contributed by atoms with E-state index in [9.17, 15) is 9.59 Å². The number of amides is 1. The van der Waals surface area contributed by atoms with Gasteiger partial charge in [0.05, 0.1) is 7.11 Å². The molecule has 1 aromatic rings. The van der Waals surface area contributed by atoms with Gasteiger partial charge in [0.15, 0.2) is 5.11 Å². The van der Waals surface area contributed by atoms with Crippen molar-refractivity contribution < 1.29 is 19.1 Å². The van der Waals surface area contributed by atoms with Gasteiger partial charge in [0.2, 0.25) is 0 Å². The molecule has 132 valence electrons. The van der Waals surface area contributed by atoms with Crippen molar-refractivity contribution in [3.63, 3.8) is 0 Å². The van der Waals surface area contributed by atoms with Crippen molar-refractivity contribution in [3.8, 4) is 0 Å². The van der Waals surface area contributed by atoms with E-state index in [4.69, 9.17) is 27.4 Å². The summed E-state index contributed by atoms with van der Waals surface area (Å²) in [6.07, 6.45) is -0.413. The molecular formula is C16H23N3O4S. The molecule has 1 unspecified atom stereocenters. The van der Waals surface area contributed by atoms with Gasteiger partial charge in [-0.2, -0.15) is 0 Å². The quantitative estimate of drug-likeness (QED) is 0.549. The molecule has 0 saturated heterocycles. The minimum absolute atomic E-state index is 0.168. The number of carbonyl (C=O) groups is 2. The molecule has 0 bridgehead atoms. The van der Waals surface area contributed by atoms with Gasteiger partial charge < -0.3 is 25.8 Å². The summed E-state index contributed by atoms with van der Waals surface area (Å²) in [4.78, 5) is 23.8. The zero-order valence-electron chi connectivity index (χ0n) is 14.2. The Morgan fingerprint density at radius 1 is 1.25 bits per heavy atom. The number of nitrogens with two attached hydrogens (primary N) is 1. The molecule has 0 spiro atoms. The number of nitrogens with one attached hydrogen (secondary N) is 2. The van der Waals surface area contributed by atoms with Gasteiger partial charge in [-0.1, -0.05) is 12.1 Å². The lowest BCUT2D eigenvalue weighted by Gasteiger charge is -2.22. The smallest absolute Gasteiger partial charge is 0.408 e. The Hall–Kier alpha value is -2.35. The Kier molecular flexibility index (Phi) is 6.97. The monoisotopic (exact) mass is 353 g/mol. The Balaban J connectivity index is 2.77. The molecule has 1 rings (SSSR count). The van der Waals surface area contributed by atoms with Crippen LogP contribution in [0.25, 0.3) is 0 Å². The number of hydrogen-bond acceptors (Lipinski definition) is 5. The Labute approximate surface area is 146 Å². The number of anilines is 1. The van der Waals surface area contributed by atoms with E-state index in [1.54, 1.807) is 45.0 Å². The molecule has 0 radical (unpaired) electrons. The number of esters is 1. The Morgan fingerprint density at radius 2 is 1.83 bits per heavy atom. The van der Waals surface area contributed by atoms with Gasteiger partial charge in [-0.25, -0.2) is 9.59 Å². The van der Waals surface area contributed by atoms with E-state index in [-0.39, 0.29) is 11.5 Å². The minimum atomic E-state index is -0.848. The second-order valence-electron chi connectivity index (χ2n) is 6.11. The lowest BCUT2D eigenvalue weighted by molar-refractivity contribution is -0.143. The summed E-state index contributed by atoms with van der Waals surface area (Å²) in [7, 11) is 1.27. The van der Waals surface area contributed by atoms with E-state index < -0.39 is 23.7 Å². The summed E-state index contributed by atoms with van der Waals surface area (Å²) in [6.45, 7) is 5.23. The lowest BCUT2D eigenvalue weighted by atomic mass is 10.1. The normalized spacial score (nSPS) is 12.0. The summed E-state index contributed by atoms with van der Waals surface area (Å²) in [6, 6.07) is 6.30. The van der Waals surface area contributed by atoms with E-state index in [0.29, 0.717) is 0 Å². The molecule has 0 fully saturated rings. The molecule has 8 heteroatoms. The SMILES string of the molecule is COC(=O)C(Cc1ccc(NC(N)=S)cc1)NC(=O)OC(C)(C)C. The first-order valence-corrected chi connectivity index (χ1v) is 7.74. The summed E-state index contributed by atoms with van der Waals surface area (Å²) in [5.41, 5.74) is 6.32. The highest BCUT2D eigenvalue weighted by Crippen LogP contribution is 2.12. The van der Waals surface area contributed by atoms with Gasteiger partial charge in [0.1, 0.15) is 11.6 Å². The Morgan fingerprint density at radius 3 is 2.29 bits per heavy atom. The maximum atomic E-state index is 11.9. The number of ether oxygens (including phenoxy) is 2. The number of thiocarbonyl (C=S) groups is 1. The number of hydrogen-bond donors (Lipinski definition) is 3. The third-order valence-electron chi connectivity index (χ3n) is 2.84. The molecule has 0 heterocycles. The molecule has 7 nitrogen and oxygen atoms in total. The second-order valence-corrected chi connectivity index (χ2v) is 6.55. The Bertz CT molecular complexity index is 596. The van der Waals surface area contributed by atoms with Crippen LogP contribution in [0, 0.1) is 0 Å². The van der Waals surface area contributed by atoms with Crippen LogP contribution in [0.5, 0.6) is 0 Å². The van der Waals surface area contributed by atoms with Crippen molar-refractivity contribution in [2.24, 2.45) is 5.73 Å². The largest absolute Gasteiger partial charge is 0.467 e. The van der Waals surface area contributed by atoms with Crippen molar-refractivity contribution in [3.05, 3.63) is 29.8 Å². The summed E-state index contributed by atoms with van der Waals surface area (Å²) < 4.78 is 9.90. The van der Waals surface area contributed by atoms with Gasteiger partial charge >= 0.3 is 12.1 Å². The van der Waals surface area contributed by atoms with E-state index in [0.717, 1.165) is 11.3 Å². The highest BCUT2D eigenvalue weighted by atomic mass is 32.1. The van der Waals surface area contributed by atoms with Crippen molar-refractivity contribution in [1.29, 1.82) is 0 Å². The predicted octanol–water partition coefficient (Wildman–Crippen LogP) is 1.95. The van der Waals surface area contributed by atoms with E-state index in [1.165, 1.54) is 7.11 Å². The van der Waals surface area contributed by atoms with Gasteiger partial charge in [0, 0.05) is 12.1 Å². The van der Waals surface area contributed by atoms with Crippen LogP contribution in [0.2, 0.25) is 0 Å². The van der Waals surface area contributed by atoms with Gasteiger partial charge in [0.25, 0.3) is 0 Å². The van der Waals surface area contributed by atoms with E-state index in [1.807, 2.05) is 0 Å². The molecule has 0 aromatic heterocycles. The third kappa shape index (κ3) is 7.28. The van der Waals surface area contributed by atoms with Crippen molar-refractivity contribution in [2.75, 3.05) is 12.4 Å². The molecule has 0 aliphatic carbocycles. The van der Waals surface area contributed by atoms with Crippen LogP contribution in [0.4, 0.5) is 10.5 Å². The first-order chi connectivity index (χ1) is 11.1. The molecule has 1 atom stereocenters. The van der Waals surface area contributed by atoms with Crippen LogP contribution < -0.4 is 16.4 Å². The minimum Gasteiger partial charge on any atom is -0.467 e. The molecule has 24 heavy (non-hydrogen) atoms. The van der Waals surface area contributed by atoms with Crippen LogP contribution in [0.15, 0.2) is 24.3 Å². The number of methoxy groups -OCH3 is 1. The molecule has 0 aliphatic rings. The van der Waals surface area contributed by atoms with Gasteiger partial charge in [-0.3, -0.25) is 0 Å². The number of benzene rings is 1. The summed E-state index contributed by atoms with van der Waals surface area (Å²) in [5.74, 6) is -0.550. The maximum absolute atomic E-state index is 11.9. The number of carbonyl (C=O) groups excluding carboxylic acids is 2. The molecule has 1 aromatic carbocycles. The molecular weight excluding hydrogens is 330 g/mol. The highest BCUT2D eigenvalue weighted by Gasteiger charge is 2.25. The number of rotatable bonds is 5. The fraction of sp³-hybridized carbons (Fsp3) is 0.438. The molecule has 0 saturated carbocycles. The molecule has 1 amide bonds. The average molecular weight is 353 g/mol. The van der Waals surface area contributed by atoms with E-state index in [2.05, 4.69) is 10.6 Å². The van der Waals surface area contributed by atoms with Crippen molar-refractivity contribution in [1.82, 2.24) is 5.32 Å². The average Bonchev–Trinajstić information content (AvgIpc) is 2.45. The highest BCUT2D eigenvalue weighted by molar-refractivity contribution is 7.80. The van der Waals surface area contributed by atoms with E-state index >= 15 is 0 Å². The molecule has 4 N–H and O–H groups in total. The summed E-state index contributed by atoms with van der Waals surface area (Å²) >= 11 is 4.77. The molecule has 0 aliphatic heterocycles. The van der Waals surface area contributed by atoms with Crippen LogP contribution in [-0.2, 0) is 20.7 Å². The van der Waals surface area contributed by atoms with Crippen molar-refractivity contribution >= 4 is 35.1 Å². The topological polar surface area (TPSA) is 103 Å². The third-order valence-corrected chi connectivity index (χ3v) is 2.94. The van der Waals surface area contributed by atoms with Gasteiger partial charge in [-0.05, 0) is 50.7 Å². The van der Waals surface area contributed by atoms with Crippen LogP contribution in [0.1, 0.15) is 26.3 Å². The zero-order chi connectivity index (χ0) is 18.3. The zero-order valence-corrected chi connectivity index (χ0v) is 15.0. The predicted molar refractivity (Wildman–Crippen MR) is 95.7 cm³/mol. The van der Waals surface area contributed by atoms with Crippen LogP contribution in [-0.4, -0.2) is 35.9 Å². The second kappa shape index (κ2) is 8.49. The van der Waals surface area contributed by atoms with Crippen molar-refractivity contribution in [2.45, 2.75) is 38.8 Å².